The molecular weight excluding hydrogens is 359 g/mol. The van der Waals surface area contributed by atoms with Crippen LogP contribution in [0.4, 0.5) is 10.2 Å². The molecule has 1 aliphatic rings. The Morgan fingerprint density at radius 2 is 1.85 bits per heavy atom. The van der Waals surface area contributed by atoms with Crippen LogP contribution in [0.15, 0.2) is 35.2 Å². The van der Waals surface area contributed by atoms with Crippen LogP contribution in [0.2, 0.25) is 0 Å². The number of ether oxygens (including phenoxy) is 1. The summed E-state index contributed by atoms with van der Waals surface area (Å²) in [5, 5.41) is 8.16. The van der Waals surface area contributed by atoms with Gasteiger partial charge in [-0.1, -0.05) is 0 Å². The monoisotopic (exact) mass is 380 g/mol. The van der Waals surface area contributed by atoms with Crippen molar-refractivity contribution in [1.29, 1.82) is 0 Å². The molecule has 2 aromatic rings. The minimum absolute atomic E-state index is 0.0502. The molecule has 1 fully saturated rings. The van der Waals surface area contributed by atoms with Crippen molar-refractivity contribution in [3.05, 3.63) is 41.8 Å². The number of sulfonamides is 1. The van der Waals surface area contributed by atoms with Gasteiger partial charge in [0.25, 0.3) is 0 Å². The SMILES string of the molecule is CCOc1ccc(S(=O)(=O)N2CCN(c3ccc(C)nn3)CC2)cc1F. The number of aromatic nitrogens is 2. The van der Waals surface area contributed by atoms with Gasteiger partial charge >= 0.3 is 0 Å². The molecular formula is C17H21FN4O3S. The summed E-state index contributed by atoms with van der Waals surface area (Å²) in [6, 6.07) is 7.48. The van der Waals surface area contributed by atoms with Crippen LogP contribution in [0.25, 0.3) is 0 Å². The maximum absolute atomic E-state index is 14.0. The van der Waals surface area contributed by atoms with Gasteiger partial charge in [0.15, 0.2) is 17.4 Å². The lowest BCUT2D eigenvalue weighted by Crippen LogP contribution is -2.49. The predicted molar refractivity (Wildman–Crippen MR) is 95.3 cm³/mol. The molecule has 1 saturated heterocycles. The summed E-state index contributed by atoms with van der Waals surface area (Å²) in [5.41, 5.74) is 0.826. The first-order valence-corrected chi connectivity index (χ1v) is 9.83. The minimum atomic E-state index is -3.75. The second kappa shape index (κ2) is 7.55. The number of hydrogen-bond acceptors (Lipinski definition) is 6. The lowest BCUT2D eigenvalue weighted by Gasteiger charge is -2.34. The number of anilines is 1. The van der Waals surface area contributed by atoms with Gasteiger partial charge in [0.05, 0.1) is 17.2 Å². The van der Waals surface area contributed by atoms with E-state index in [0.717, 1.165) is 17.6 Å². The van der Waals surface area contributed by atoms with Crippen LogP contribution in [0.5, 0.6) is 5.75 Å². The maximum Gasteiger partial charge on any atom is 0.243 e. The van der Waals surface area contributed by atoms with Crippen molar-refractivity contribution in [2.24, 2.45) is 0 Å². The number of piperazine rings is 1. The zero-order valence-electron chi connectivity index (χ0n) is 14.7. The van der Waals surface area contributed by atoms with E-state index >= 15 is 0 Å². The lowest BCUT2D eigenvalue weighted by molar-refractivity contribution is 0.321. The van der Waals surface area contributed by atoms with Crippen molar-refractivity contribution in [3.63, 3.8) is 0 Å². The summed E-state index contributed by atoms with van der Waals surface area (Å²) >= 11 is 0. The van der Waals surface area contributed by atoms with Gasteiger partial charge in [0.2, 0.25) is 10.0 Å². The Balaban J connectivity index is 1.71. The van der Waals surface area contributed by atoms with E-state index in [9.17, 15) is 12.8 Å². The average molecular weight is 380 g/mol. The van der Waals surface area contributed by atoms with Crippen LogP contribution in [-0.2, 0) is 10.0 Å². The number of benzene rings is 1. The molecule has 2 heterocycles. The summed E-state index contributed by atoms with van der Waals surface area (Å²) in [7, 11) is -3.75. The van der Waals surface area contributed by atoms with E-state index in [-0.39, 0.29) is 10.6 Å². The Morgan fingerprint density at radius 1 is 1.12 bits per heavy atom. The third kappa shape index (κ3) is 3.78. The van der Waals surface area contributed by atoms with E-state index < -0.39 is 15.8 Å². The van der Waals surface area contributed by atoms with E-state index in [4.69, 9.17) is 4.74 Å². The second-order valence-electron chi connectivity index (χ2n) is 5.95. The zero-order chi connectivity index (χ0) is 18.7. The molecule has 7 nitrogen and oxygen atoms in total. The summed E-state index contributed by atoms with van der Waals surface area (Å²) in [4.78, 5) is 1.92. The highest BCUT2D eigenvalue weighted by atomic mass is 32.2. The van der Waals surface area contributed by atoms with Gasteiger partial charge in [-0.25, -0.2) is 12.8 Å². The van der Waals surface area contributed by atoms with Crippen molar-refractivity contribution in [1.82, 2.24) is 14.5 Å². The molecule has 1 aromatic heterocycles. The first-order chi connectivity index (χ1) is 12.4. The van der Waals surface area contributed by atoms with E-state index in [1.165, 1.54) is 16.4 Å². The third-order valence-electron chi connectivity index (χ3n) is 4.19. The van der Waals surface area contributed by atoms with Crippen molar-refractivity contribution < 1.29 is 17.5 Å². The predicted octanol–water partition coefficient (Wildman–Crippen LogP) is 1.83. The van der Waals surface area contributed by atoms with Crippen LogP contribution in [-0.4, -0.2) is 55.7 Å². The molecule has 0 atom stereocenters. The highest BCUT2D eigenvalue weighted by molar-refractivity contribution is 7.89. The van der Waals surface area contributed by atoms with Gasteiger partial charge in [-0.15, -0.1) is 5.10 Å². The molecule has 26 heavy (non-hydrogen) atoms. The number of hydrogen-bond donors (Lipinski definition) is 0. The Morgan fingerprint density at radius 3 is 2.42 bits per heavy atom. The summed E-state index contributed by atoms with van der Waals surface area (Å²) in [6.45, 7) is 5.50. The molecule has 0 radical (unpaired) electrons. The van der Waals surface area contributed by atoms with Gasteiger partial charge in [-0.05, 0) is 44.2 Å². The Hall–Kier alpha value is -2.26. The molecule has 0 N–H and O–H groups in total. The highest BCUT2D eigenvalue weighted by Crippen LogP contribution is 2.24. The number of halogens is 1. The van der Waals surface area contributed by atoms with Crippen LogP contribution < -0.4 is 9.64 Å². The topological polar surface area (TPSA) is 75.6 Å². The van der Waals surface area contributed by atoms with E-state index in [1.54, 1.807) is 6.92 Å². The maximum atomic E-state index is 14.0. The third-order valence-corrected chi connectivity index (χ3v) is 6.08. The van der Waals surface area contributed by atoms with E-state index in [1.807, 2.05) is 24.0 Å². The molecule has 0 saturated carbocycles. The molecule has 0 spiro atoms. The van der Waals surface area contributed by atoms with Gasteiger partial charge < -0.3 is 9.64 Å². The molecule has 3 rings (SSSR count). The van der Waals surface area contributed by atoms with Crippen molar-refractivity contribution in [2.75, 3.05) is 37.7 Å². The fraction of sp³-hybridized carbons (Fsp3) is 0.412. The molecule has 0 amide bonds. The van der Waals surface area contributed by atoms with Crippen molar-refractivity contribution in [3.8, 4) is 5.75 Å². The Labute approximate surface area is 152 Å². The number of nitrogens with zero attached hydrogens (tertiary/aromatic N) is 4. The molecule has 0 bridgehead atoms. The van der Waals surface area contributed by atoms with Gasteiger partial charge in [-0.3, -0.25) is 0 Å². The highest BCUT2D eigenvalue weighted by Gasteiger charge is 2.29. The molecule has 9 heteroatoms. The van der Waals surface area contributed by atoms with Crippen LogP contribution >= 0.6 is 0 Å². The largest absolute Gasteiger partial charge is 0.491 e. The Bertz CT molecular complexity index is 866. The van der Waals surface area contributed by atoms with E-state index in [2.05, 4.69) is 10.2 Å². The molecule has 1 aliphatic heterocycles. The lowest BCUT2D eigenvalue weighted by atomic mass is 10.3. The van der Waals surface area contributed by atoms with Crippen molar-refractivity contribution >= 4 is 15.8 Å². The minimum Gasteiger partial charge on any atom is -0.491 e. The molecule has 0 aliphatic carbocycles. The standard InChI is InChI=1S/C17H21FN4O3S/c1-3-25-16-6-5-14(12-15(16)18)26(23,24)22-10-8-21(9-11-22)17-7-4-13(2)19-20-17/h4-7,12H,3,8-11H2,1-2H3. The summed E-state index contributed by atoms with van der Waals surface area (Å²) in [6.07, 6.45) is 0. The van der Waals surface area contributed by atoms with Crippen LogP contribution in [0, 0.1) is 12.7 Å². The van der Waals surface area contributed by atoms with E-state index in [0.29, 0.717) is 32.8 Å². The Kier molecular flexibility index (Phi) is 5.38. The molecule has 1 aromatic carbocycles. The normalized spacial score (nSPS) is 15.9. The van der Waals surface area contributed by atoms with Crippen LogP contribution in [0.1, 0.15) is 12.6 Å². The second-order valence-corrected chi connectivity index (χ2v) is 7.89. The molecule has 0 unspecified atom stereocenters. The van der Waals surface area contributed by atoms with Crippen molar-refractivity contribution in [2.45, 2.75) is 18.7 Å². The molecule has 140 valence electrons. The number of aryl methyl sites for hydroxylation is 1. The zero-order valence-corrected chi connectivity index (χ0v) is 15.5. The first-order valence-electron chi connectivity index (χ1n) is 8.39. The van der Waals surface area contributed by atoms with Gasteiger partial charge in [-0.2, -0.15) is 9.40 Å². The smallest absolute Gasteiger partial charge is 0.243 e. The number of rotatable bonds is 5. The quantitative estimate of drug-likeness (QED) is 0.788. The fourth-order valence-electron chi connectivity index (χ4n) is 2.78. The van der Waals surface area contributed by atoms with Gasteiger partial charge in [0, 0.05) is 26.2 Å². The van der Waals surface area contributed by atoms with Crippen LogP contribution in [0.3, 0.4) is 0 Å². The first kappa shape index (κ1) is 18.5. The van der Waals surface area contributed by atoms with Gasteiger partial charge in [0.1, 0.15) is 0 Å². The summed E-state index contributed by atoms with van der Waals surface area (Å²) in [5.74, 6) is 0.0930. The summed E-state index contributed by atoms with van der Waals surface area (Å²) < 4.78 is 46.0. The fourth-order valence-corrected chi connectivity index (χ4v) is 4.22. The average Bonchev–Trinajstić information content (AvgIpc) is 2.64.